The van der Waals surface area contributed by atoms with E-state index in [1.54, 1.807) is 43.2 Å². The molecule has 13 heteroatoms. The Hall–Kier alpha value is -3.19. The Balaban J connectivity index is 1.35. The number of fused-ring (bicyclic) bond motifs is 5. The van der Waals surface area contributed by atoms with Crippen molar-refractivity contribution in [2.45, 2.75) is 69.8 Å². The summed E-state index contributed by atoms with van der Waals surface area (Å²) in [6, 6.07) is 8.52. The Morgan fingerprint density at radius 1 is 1.10 bits per heavy atom. The molecule has 6 aliphatic rings. The predicted octanol–water partition coefficient (Wildman–Crippen LogP) is 5.43. The molecule has 2 aliphatic carbocycles. The normalized spacial score (nSPS) is 31.0. The molecule has 0 spiro atoms. The van der Waals surface area contributed by atoms with Gasteiger partial charge in [0.2, 0.25) is 15.9 Å². The van der Waals surface area contributed by atoms with E-state index in [-0.39, 0.29) is 40.2 Å². The van der Waals surface area contributed by atoms with Gasteiger partial charge in [-0.25, -0.2) is 17.5 Å². The molecule has 0 aromatic heterocycles. The van der Waals surface area contributed by atoms with Crippen molar-refractivity contribution in [3.63, 3.8) is 0 Å². The number of carbonyl (C=O) groups excluding carboxylic acids is 2. The van der Waals surface area contributed by atoms with Gasteiger partial charge < -0.3 is 19.3 Å². The first-order chi connectivity index (χ1) is 24.8. The summed E-state index contributed by atoms with van der Waals surface area (Å²) in [7, 11) is -0.449. The third-order valence-corrected chi connectivity index (χ3v) is 14.8. The Labute approximate surface area is 311 Å². The van der Waals surface area contributed by atoms with Crippen molar-refractivity contribution in [1.82, 2.24) is 14.5 Å². The molecule has 1 saturated heterocycles. The van der Waals surface area contributed by atoms with Crippen molar-refractivity contribution in [1.29, 1.82) is 0 Å². The molecule has 2 fully saturated rings. The molecule has 2 aromatic carbocycles. The molecule has 4 heterocycles. The number of ether oxygens (including phenoxy) is 2. The first-order valence-corrected chi connectivity index (χ1v) is 20.5. The zero-order valence-electron chi connectivity index (χ0n) is 30.5. The molecule has 2 amide bonds. The number of hydrogen-bond donors (Lipinski definition) is 1. The van der Waals surface area contributed by atoms with Crippen molar-refractivity contribution in [2.24, 2.45) is 23.7 Å². The minimum absolute atomic E-state index is 0.0148. The molecule has 1 N–H and O–H groups in total. The predicted molar refractivity (Wildman–Crippen MR) is 199 cm³/mol. The summed E-state index contributed by atoms with van der Waals surface area (Å²) in [6.07, 6.45) is 6.62. The number of sulfonamides is 1. The second-order valence-corrected chi connectivity index (χ2v) is 18.0. The van der Waals surface area contributed by atoms with Gasteiger partial charge in [-0.05, 0) is 110 Å². The molecule has 4 bridgehead atoms. The molecular weight excluding hydrogens is 707 g/mol. The number of nitrogens with one attached hydrogen (secondary N) is 1. The number of rotatable bonds is 3. The van der Waals surface area contributed by atoms with Crippen LogP contribution in [-0.4, -0.2) is 94.4 Å². The van der Waals surface area contributed by atoms with Crippen LogP contribution >= 0.6 is 11.6 Å². The number of carbonyl (C=O) groups is 2. The largest absolute Gasteiger partial charge is 0.491 e. The van der Waals surface area contributed by atoms with Gasteiger partial charge in [-0.3, -0.25) is 14.5 Å². The van der Waals surface area contributed by atoms with Crippen LogP contribution in [-0.2, 0) is 32.5 Å². The third kappa shape index (κ3) is 6.84. The minimum Gasteiger partial charge on any atom is -0.491 e. The molecule has 52 heavy (non-hydrogen) atoms. The highest BCUT2D eigenvalue weighted by atomic mass is 35.5. The Morgan fingerprint density at radius 3 is 2.60 bits per heavy atom. The number of likely N-dealkylation sites (N-methyl/N-ethyl adjacent to an activating group) is 1. The van der Waals surface area contributed by atoms with Gasteiger partial charge in [-0.15, -0.1) is 0 Å². The summed E-state index contributed by atoms with van der Waals surface area (Å²) < 4.78 is 58.4. The lowest BCUT2D eigenvalue weighted by molar-refractivity contribution is -0.140. The molecule has 282 valence electrons. The van der Waals surface area contributed by atoms with E-state index in [2.05, 4.69) is 20.6 Å². The van der Waals surface area contributed by atoms with Gasteiger partial charge >= 0.3 is 0 Å². The number of hydrogen-bond acceptors (Lipinski definition) is 8. The van der Waals surface area contributed by atoms with Crippen LogP contribution in [0.2, 0.25) is 5.02 Å². The topological polar surface area (TPSA) is 108 Å². The fourth-order valence-corrected chi connectivity index (χ4v) is 10.4. The lowest BCUT2D eigenvalue weighted by Crippen LogP contribution is -2.62. The maximum Gasteiger partial charge on any atom is 0.264 e. The number of anilines is 1. The summed E-state index contributed by atoms with van der Waals surface area (Å²) in [5.74, 6) is -0.481. The second-order valence-electron chi connectivity index (χ2n) is 15.5. The third-order valence-electron chi connectivity index (χ3n) is 12.7. The van der Waals surface area contributed by atoms with Crippen molar-refractivity contribution in [2.75, 3.05) is 58.4 Å². The average Bonchev–Trinajstić information content (AvgIpc) is 3.11. The molecule has 0 unspecified atom stereocenters. The smallest absolute Gasteiger partial charge is 0.264 e. The summed E-state index contributed by atoms with van der Waals surface area (Å²) >= 11 is 6.30. The van der Waals surface area contributed by atoms with E-state index in [0.29, 0.717) is 82.0 Å². The van der Waals surface area contributed by atoms with E-state index >= 15 is 4.39 Å². The quantitative estimate of drug-likeness (QED) is 0.414. The fraction of sp³-hybridized carbons (Fsp3) is 0.590. The number of piperazine rings is 1. The molecule has 8 rings (SSSR count). The molecule has 2 aromatic rings. The zero-order chi connectivity index (χ0) is 36.9. The summed E-state index contributed by atoms with van der Waals surface area (Å²) in [6.45, 7) is 7.11. The second kappa shape index (κ2) is 14.6. The van der Waals surface area contributed by atoms with Gasteiger partial charge in [0.15, 0.2) is 0 Å². The number of amides is 2. The molecule has 10 nitrogen and oxygen atoms in total. The van der Waals surface area contributed by atoms with Crippen LogP contribution in [0.3, 0.4) is 0 Å². The number of halogens is 2. The van der Waals surface area contributed by atoms with Crippen LogP contribution in [0.25, 0.3) is 0 Å². The van der Waals surface area contributed by atoms with E-state index in [9.17, 15) is 18.0 Å². The zero-order valence-corrected chi connectivity index (χ0v) is 32.1. The van der Waals surface area contributed by atoms with Crippen molar-refractivity contribution in [3.05, 3.63) is 69.5 Å². The van der Waals surface area contributed by atoms with Gasteiger partial charge in [0.05, 0.1) is 29.1 Å². The SMILES string of the molecule is CO[C@@]1(CN2CCN(C)C(=O)C2)C2=C[C@@H](C2)[C@H](C)[C@@H](C)S(=O)(=O)NC(=O)c2ccc3c(c2)N(Cc2ccc(Cl)c(F)c2CCCCO3)C[C@@H]2CC[C@H]21. The summed E-state index contributed by atoms with van der Waals surface area (Å²) in [4.78, 5) is 32.7. The van der Waals surface area contributed by atoms with Crippen LogP contribution in [0.4, 0.5) is 10.1 Å². The fourth-order valence-electron chi connectivity index (χ4n) is 8.92. The minimum atomic E-state index is -4.04. The van der Waals surface area contributed by atoms with Gasteiger partial charge in [-0.1, -0.05) is 30.7 Å². The van der Waals surface area contributed by atoms with Crippen molar-refractivity contribution < 1.29 is 31.9 Å². The highest BCUT2D eigenvalue weighted by molar-refractivity contribution is 7.90. The van der Waals surface area contributed by atoms with Crippen molar-refractivity contribution >= 4 is 39.1 Å². The van der Waals surface area contributed by atoms with Crippen LogP contribution in [0.5, 0.6) is 5.75 Å². The highest BCUT2D eigenvalue weighted by Gasteiger charge is 2.54. The van der Waals surface area contributed by atoms with Crippen LogP contribution < -0.4 is 14.4 Å². The summed E-state index contributed by atoms with van der Waals surface area (Å²) in [5, 5.41) is -0.755. The van der Waals surface area contributed by atoms with Gasteiger partial charge in [0.1, 0.15) is 17.2 Å². The van der Waals surface area contributed by atoms with E-state index in [1.807, 2.05) is 20.0 Å². The first-order valence-electron chi connectivity index (χ1n) is 18.6. The highest BCUT2D eigenvalue weighted by Crippen LogP contribution is 2.53. The number of benzene rings is 2. The summed E-state index contributed by atoms with van der Waals surface area (Å²) in [5.41, 5.74) is 2.67. The molecule has 6 atom stereocenters. The van der Waals surface area contributed by atoms with Gasteiger partial charge in [-0.2, -0.15) is 0 Å². The first kappa shape index (κ1) is 37.1. The van der Waals surface area contributed by atoms with Crippen LogP contribution in [0, 0.1) is 29.5 Å². The monoisotopic (exact) mass is 756 g/mol. The molecule has 1 saturated carbocycles. The Kier molecular flexibility index (Phi) is 10.4. The molecular formula is C39H50ClFN4O6S. The lowest BCUT2D eigenvalue weighted by Gasteiger charge is -2.56. The van der Waals surface area contributed by atoms with E-state index in [1.165, 1.54) is 0 Å². The van der Waals surface area contributed by atoms with Gasteiger partial charge in [0.25, 0.3) is 5.91 Å². The van der Waals surface area contributed by atoms with E-state index in [4.69, 9.17) is 21.1 Å². The van der Waals surface area contributed by atoms with Crippen LogP contribution in [0.15, 0.2) is 42.0 Å². The van der Waals surface area contributed by atoms with Crippen molar-refractivity contribution in [3.8, 4) is 5.75 Å². The number of methoxy groups -OCH3 is 1. The van der Waals surface area contributed by atoms with E-state index < -0.39 is 32.6 Å². The average molecular weight is 757 g/mol. The lowest BCUT2D eigenvalue weighted by atomic mass is 9.58. The Morgan fingerprint density at radius 2 is 1.88 bits per heavy atom. The van der Waals surface area contributed by atoms with Gasteiger partial charge in [0, 0.05) is 52.4 Å². The van der Waals surface area contributed by atoms with E-state index in [0.717, 1.165) is 30.5 Å². The molecule has 0 radical (unpaired) electrons. The number of nitrogens with zero attached hydrogens (tertiary/aromatic N) is 3. The maximum atomic E-state index is 15.6. The molecule has 4 aliphatic heterocycles. The van der Waals surface area contributed by atoms with Crippen LogP contribution in [0.1, 0.15) is 67.4 Å². The Bertz CT molecular complexity index is 1870. The standard InChI is InChI=1S/C39H50ClFN4O6S/c1-24-25(2)52(48,49)42-38(47)26-10-13-35-34(19-26)45(20-27-9-12-33(40)37(41)31(27)7-5-6-16-51-35)21-28-8-11-32(28)39(50-4,30-17-29(24)18-30)23-44-15-14-43(3)36(46)22-44/h9-10,12-13,17,19,24-25,28-29,32H,5-8,11,14-16,18,20-23H2,1-4H3,(H,42,47)/t24-,25-,28+,29+,32-,39+/m1/s1. The number of allylic oxidation sites excluding steroid dienone is 1. The maximum absolute atomic E-state index is 15.6.